The van der Waals surface area contributed by atoms with E-state index in [9.17, 15) is 18.4 Å². The molecule has 4 rings (SSSR count). The van der Waals surface area contributed by atoms with E-state index in [0.717, 1.165) is 17.8 Å². The summed E-state index contributed by atoms with van der Waals surface area (Å²) < 4.78 is 34.0. The molecule has 0 saturated heterocycles. The maximum absolute atomic E-state index is 13.9. The lowest BCUT2D eigenvalue weighted by Crippen LogP contribution is -2.53. The van der Waals surface area contributed by atoms with Crippen molar-refractivity contribution in [2.75, 3.05) is 11.9 Å². The third-order valence-electron chi connectivity index (χ3n) is 5.56. The Bertz CT molecular complexity index is 1240. The number of aryl methyl sites for hydroxylation is 1. The van der Waals surface area contributed by atoms with Gasteiger partial charge in [0.05, 0.1) is 24.6 Å². The van der Waals surface area contributed by atoms with Gasteiger partial charge in [-0.25, -0.2) is 13.6 Å². The molecule has 1 atom stereocenters. The zero-order chi connectivity index (χ0) is 24.6. The number of benzene rings is 1. The van der Waals surface area contributed by atoms with Gasteiger partial charge in [-0.1, -0.05) is 20.8 Å². The number of nitrogens with one attached hydrogen (secondary N) is 3. The highest BCUT2D eigenvalue weighted by Gasteiger charge is 2.35. The van der Waals surface area contributed by atoms with E-state index in [0.29, 0.717) is 41.4 Å². The van der Waals surface area contributed by atoms with E-state index in [1.165, 1.54) is 10.7 Å². The highest BCUT2D eigenvalue weighted by atomic mass is 19.2. The minimum atomic E-state index is -1.01. The molecule has 1 aliphatic rings. The van der Waals surface area contributed by atoms with Crippen LogP contribution in [-0.4, -0.2) is 44.6 Å². The summed E-state index contributed by atoms with van der Waals surface area (Å²) in [6.45, 7) is 7.84. The van der Waals surface area contributed by atoms with Crippen molar-refractivity contribution in [1.82, 2.24) is 25.3 Å². The zero-order valence-electron chi connectivity index (χ0n) is 19.3. The second kappa shape index (κ2) is 8.98. The van der Waals surface area contributed by atoms with Gasteiger partial charge in [0, 0.05) is 29.3 Å². The molecule has 1 unspecified atom stereocenters. The summed E-state index contributed by atoms with van der Waals surface area (Å²) in [5, 5.41) is 16.6. The smallest absolute Gasteiger partial charge is 0.343 e. The number of halogens is 2. The number of amides is 2. The van der Waals surface area contributed by atoms with E-state index in [1.807, 2.05) is 20.8 Å². The van der Waals surface area contributed by atoms with E-state index in [1.54, 1.807) is 13.0 Å². The predicted octanol–water partition coefficient (Wildman–Crippen LogP) is 3.54. The van der Waals surface area contributed by atoms with Crippen molar-refractivity contribution in [2.45, 2.75) is 46.8 Å². The minimum absolute atomic E-state index is 0.179. The second-order valence-corrected chi connectivity index (χ2v) is 9.29. The largest absolute Gasteiger partial charge is 0.376 e. The van der Waals surface area contributed by atoms with E-state index >= 15 is 0 Å². The second-order valence-electron chi connectivity index (χ2n) is 9.29. The number of ether oxygens (including phenoxy) is 1. The quantitative estimate of drug-likeness (QED) is 0.538. The molecule has 2 aromatic heterocycles. The number of H-pyrrole nitrogens is 1. The molecule has 3 heterocycles. The molecule has 34 heavy (non-hydrogen) atoms. The average Bonchev–Trinajstić information content (AvgIpc) is 3.36. The number of anilines is 1. The summed E-state index contributed by atoms with van der Waals surface area (Å²) in [6.07, 6.45) is 0.401. The van der Waals surface area contributed by atoms with Gasteiger partial charge >= 0.3 is 6.03 Å². The topological polar surface area (TPSA) is 114 Å². The van der Waals surface area contributed by atoms with Crippen LogP contribution in [-0.2, 0) is 22.6 Å². The van der Waals surface area contributed by atoms with Gasteiger partial charge in [-0.15, -0.1) is 0 Å². The van der Waals surface area contributed by atoms with Crippen molar-refractivity contribution in [3.05, 3.63) is 52.9 Å². The summed E-state index contributed by atoms with van der Waals surface area (Å²) in [7, 11) is 0. The molecular weight excluding hydrogens is 446 g/mol. The van der Waals surface area contributed by atoms with E-state index in [2.05, 4.69) is 25.9 Å². The number of fused-ring (bicyclic) bond motifs is 1. The first kappa shape index (κ1) is 23.6. The first-order valence-electron chi connectivity index (χ1n) is 10.8. The lowest BCUT2D eigenvalue weighted by Gasteiger charge is -2.30. The third kappa shape index (κ3) is 4.69. The molecule has 11 heteroatoms. The first-order chi connectivity index (χ1) is 16.0. The van der Waals surface area contributed by atoms with Crippen LogP contribution in [0.25, 0.3) is 11.3 Å². The SMILES string of the molecule is Cc1cc(NC(=O)C(NC(=O)n2nc(-c3ccc(F)c(F)c3)c3c2CCOC3)C(C)(C)C)n[nH]1. The van der Waals surface area contributed by atoms with Crippen molar-refractivity contribution in [3.8, 4) is 11.3 Å². The molecule has 2 amide bonds. The highest BCUT2D eigenvalue weighted by molar-refractivity contribution is 5.97. The van der Waals surface area contributed by atoms with Gasteiger partial charge in [0.2, 0.25) is 5.91 Å². The summed E-state index contributed by atoms with van der Waals surface area (Å²) in [4.78, 5) is 26.3. The first-order valence-corrected chi connectivity index (χ1v) is 10.8. The molecule has 9 nitrogen and oxygen atoms in total. The molecule has 0 spiro atoms. The fraction of sp³-hybridized carbons (Fsp3) is 0.391. The highest BCUT2D eigenvalue weighted by Crippen LogP contribution is 2.30. The number of carbonyl (C=O) groups is 2. The monoisotopic (exact) mass is 472 g/mol. The van der Waals surface area contributed by atoms with Gasteiger partial charge in [-0.2, -0.15) is 14.9 Å². The van der Waals surface area contributed by atoms with Crippen LogP contribution in [0.3, 0.4) is 0 Å². The Morgan fingerprint density at radius 3 is 2.62 bits per heavy atom. The van der Waals surface area contributed by atoms with Gasteiger partial charge in [0.25, 0.3) is 0 Å². The van der Waals surface area contributed by atoms with E-state index in [4.69, 9.17) is 4.74 Å². The Morgan fingerprint density at radius 2 is 1.97 bits per heavy atom. The fourth-order valence-corrected chi connectivity index (χ4v) is 3.82. The summed E-state index contributed by atoms with van der Waals surface area (Å²) in [6, 6.07) is 3.60. The molecule has 1 aromatic carbocycles. The molecule has 0 radical (unpaired) electrons. The van der Waals surface area contributed by atoms with Crippen LogP contribution in [0.5, 0.6) is 0 Å². The summed E-state index contributed by atoms with van der Waals surface area (Å²) in [5.41, 5.74) is 2.01. The van der Waals surface area contributed by atoms with Gasteiger partial charge < -0.3 is 15.4 Å². The summed E-state index contributed by atoms with van der Waals surface area (Å²) in [5.74, 6) is -2.07. The number of rotatable bonds is 4. The van der Waals surface area contributed by atoms with Gasteiger partial charge in [0.15, 0.2) is 17.5 Å². The molecule has 3 N–H and O–H groups in total. The molecule has 0 bridgehead atoms. The van der Waals surface area contributed by atoms with Crippen LogP contribution in [0.2, 0.25) is 0 Å². The lowest BCUT2D eigenvalue weighted by molar-refractivity contribution is -0.120. The number of aromatic amines is 1. The average molecular weight is 472 g/mol. The minimum Gasteiger partial charge on any atom is -0.376 e. The Hall–Kier alpha value is -3.60. The maximum atomic E-state index is 13.9. The van der Waals surface area contributed by atoms with Crippen molar-refractivity contribution >= 4 is 17.8 Å². The Balaban J connectivity index is 1.65. The number of aromatic nitrogens is 4. The standard InChI is InChI=1S/C23H26F2N6O3/c1-12-9-18(29-28-12)26-21(32)20(23(2,3)4)27-22(33)31-17-7-8-34-11-14(17)19(30-31)13-5-6-15(24)16(25)10-13/h5-6,9-10,20H,7-8,11H2,1-4H3,(H,27,33)(H2,26,28,29,32). The zero-order valence-corrected chi connectivity index (χ0v) is 19.3. The van der Waals surface area contributed by atoms with Crippen LogP contribution in [0.1, 0.15) is 37.7 Å². The van der Waals surface area contributed by atoms with Crippen LogP contribution in [0.15, 0.2) is 24.3 Å². The molecular formula is C23H26F2N6O3. The Kier molecular flexibility index (Phi) is 6.22. The van der Waals surface area contributed by atoms with Crippen molar-refractivity contribution in [1.29, 1.82) is 0 Å². The molecule has 0 saturated carbocycles. The van der Waals surface area contributed by atoms with Crippen LogP contribution in [0, 0.1) is 24.0 Å². The molecule has 1 aliphatic heterocycles. The molecule has 0 aliphatic carbocycles. The fourth-order valence-electron chi connectivity index (χ4n) is 3.82. The van der Waals surface area contributed by atoms with Crippen molar-refractivity contribution < 1.29 is 23.1 Å². The Labute approximate surface area is 194 Å². The van der Waals surface area contributed by atoms with Crippen molar-refractivity contribution in [3.63, 3.8) is 0 Å². The van der Waals surface area contributed by atoms with Gasteiger partial charge in [-0.3, -0.25) is 9.89 Å². The predicted molar refractivity (Wildman–Crippen MR) is 120 cm³/mol. The van der Waals surface area contributed by atoms with Crippen molar-refractivity contribution in [2.24, 2.45) is 5.41 Å². The van der Waals surface area contributed by atoms with Crippen LogP contribution >= 0.6 is 0 Å². The molecule has 180 valence electrons. The third-order valence-corrected chi connectivity index (χ3v) is 5.56. The van der Waals surface area contributed by atoms with E-state index < -0.39 is 35.0 Å². The number of carbonyl (C=O) groups excluding carboxylic acids is 2. The van der Waals surface area contributed by atoms with Gasteiger partial charge in [-0.05, 0) is 30.5 Å². The van der Waals surface area contributed by atoms with Crippen LogP contribution < -0.4 is 10.6 Å². The number of hydrogen-bond acceptors (Lipinski definition) is 5. The number of hydrogen-bond donors (Lipinski definition) is 3. The normalized spacial score (nSPS) is 14.4. The lowest BCUT2D eigenvalue weighted by atomic mass is 9.86. The van der Waals surface area contributed by atoms with E-state index in [-0.39, 0.29) is 6.61 Å². The van der Waals surface area contributed by atoms with Gasteiger partial charge in [0.1, 0.15) is 6.04 Å². The Morgan fingerprint density at radius 1 is 1.21 bits per heavy atom. The molecule has 0 fully saturated rings. The number of nitrogens with zero attached hydrogens (tertiary/aromatic N) is 3. The maximum Gasteiger partial charge on any atom is 0.343 e. The summed E-state index contributed by atoms with van der Waals surface area (Å²) >= 11 is 0. The van der Waals surface area contributed by atoms with Crippen LogP contribution in [0.4, 0.5) is 19.4 Å². The molecule has 3 aromatic rings.